The number of aromatic hydroxyl groups is 1. The highest BCUT2D eigenvalue weighted by Gasteiger charge is 2.08. The molecule has 1 aromatic carbocycles. The number of phenols is 1. The zero-order valence-corrected chi connectivity index (χ0v) is 13.7. The van der Waals surface area contributed by atoms with Crippen LogP contribution >= 0.6 is 12.2 Å². The van der Waals surface area contributed by atoms with Gasteiger partial charge in [0, 0.05) is 18.0 Å². The summed E-state index contributed by atoms with van der Waals surface area (Å²) in [7, 11) is 0. The van der Waals surface area contributed by atoms with Crippen molar-refractivity contribution in [1.29, 1.82) is 0 Å². The number of nitrogens with zero attached hydrogens (tertiary/aromatic N) is 4. The quantitative estimate of drug-likeness (QED) is 0.550. The predicted molar refractivity (Wildman–Crippen MR) is 92.9 cm³/mol. The van der Waals surface area contributed by atoms with E-state index in [2.05, 4.69) is 20.3 Å². The lowest BCUT2D eigenvalue weighted by molar-refractivity contribution is 0.318. The molecule has 122 valence electrons. The number of pyridine rings is 1. The van der Waals surface area contributed by atoms with Crippen LogP contribution in [0.25, 0.3) is 11.4 Å². The Morgan fingerprint density at radius 1 is 1.42 bits per heavy atom. The van der Waals surface area contributed by atoms with Crippen LogP contribution in [0.4, 0.5) is 0 Å². The maximum atomic E-state index is 9.74. The van der Waals surface area contributed by atoms with E-state index in [-0.39, 0.29) is 5.75 Å². The van der Waals surface area contributed by atoms with Crippen molar-refractivity contribution in [2.75, 3.05) is 6.61 Å². The van der Waals surface area contributed by atoms with E-state index in [1.807, 2.05) is 19.1 Å². The topological polar surface area (TPSA) is 88.3 Å². The van der Waals surface area contributed by atoms with Crippen LogP contribution < -0.4 is 4.74 Å². The second-order valence-corrected chi connectivity index (χ2v) is 5.20. The Morgan fingerprint density at radius 2 is 2.29 bits per heavy atom. The molecule has 7 nitrogen and oxygen atoms in total. The summed E-state index contributed by atoms with van der Waals surface area (Å²) in [4.78, 5) is 4.07. The molecule has 0 spiro atoms. The molecule has 0 radical (unpaired) electrons. The number of nitrogens with one attached hydrogen (secondary N) is 1. The molecule has 2 N–H and O–H groups in total. The van der Waals surface area contributed by atoms with Crippen molar-refractivity contribution in [3.05, 3.63) is 53.1 Å². The number of phenolic OH excluding ortho intramolecular Hbond substituents is 1. The van der Waals surface area contributed by atoms with Crippen molar-refractivity contribution in [2.24, 2.45) is 5.10 Å². The van der Waals surface area contributed by atoms with Gasteiger partial charge >= 0.3 is 0 Å². The highest BCUT2D eigenvalue weighted by molar-refractivity contribution is 7.71. The summed E-state index contributed by atoms with van der Waals surface area (Å²) in [6, 6.07) is 8.68. The van der Waals surface area contributed by atoms with Gasteiger partial charge in [-0.05, 0) is 55.0 Å². The molecular formula is C16H15N5O2S. The van der Waals surface area contributed by atoms with Gasteiger partial charge in [0.1, 0.15) is 0 Å². The zero-order chi connectivity index (χ0) is 16.9. The number of rotatable bonds is 5. The lowest BCUT2D eigenvalue weighted by Crippen LogP contribution is -1.96. The average Bonchev–Trinajstić information content (AvgIpc) is 2.97. The third-order valence-corrected chi connectivity index (χ3v) is 3.44. The summed E-state index contributed by atoms with van der Waals surface area (Å²) >= 11 is 5.22. The number of hydrogen-bond donors (Lipinski definition) is 2. The first-order valence-electron chi connectivity index (χ1n) is 7.27. The minimum absolute atomic E-state index is 0.0879. The molecule has 0 aliphatic carbocycles. The molecule has 2 aromatic heterocycles. The van der Waals surface area contributed by atoms with E-state index in [4.69, 9.17) is 17.0 Å². The first kappa shape index (κ1) is 15.9. The largest absolute Gasteiger partial charge is 0.504 e. The Kier molecular flexibility index (Phi) is 4.66. The van der Waals surface area contributed by atoms with E-state index < -0.39 is 0 Å². The monoisotopic (exact) mass is 341 g/mol. The summed E-state index contributed by atoms with van der Waals surface area (Å²) in [5.41, 5.74) is 1.55. The second-order valence-electron chi connectivity index (χ2n) is 4.81. The first-order chi connectivity index (χ1) is 11.7. The molecule has 0 aliphatic heterocycles. The molecule has 0 atom stereocenters. The Balaban J connectivity index is 1.95. The number of aromatic amines is 1. The summed E-state index contributed by atoms with van der Waals surface area (Å²) in [6.07, 6.45) is 4.99. The molecule has 0 amide bonds. The van der Waals surface area contributed by atoms with Crippen molar-refractivity contribution < 1.29 is 9.84 Å². The molecule has 2 heterocycles. The van der Waals surface area contributed by atoms with Crippen LogP contribution in [-0.2, 0) is 0 Å². The highest BCUT2D eigenvalue weighted by atomic mass is 32.1. The molecule has 3 rings (SSSR count). The Labute approximate surface area is 143 Å². The Bertz CT molecular complexity index is 918. The van der Waals surface area contributed by atoms with Gasteiger partial charge in [-0.3, -0.25) is 4.98 Å². The van der Waals surface area contributed by atoms with E-state index in [1.54, 1.807) is 36.8 Å². The predicted octanol–water partition coefficient (Wildman–Crippen LogP) is 2.99. The second kappa shape index (κ2) is 7.05. The van der Waals surface area contributed by atoms with Crippen LogP contribution in [0.2, 0.25) is 0 Å². The van der Waals surface area contributed by atoms with Gasteiger partial charge in [-0.2, -0.15) is 14.9 Å². The summed E-state index contributed by atoms with van der Waals surface area (Å²) in [6.45, 7) is 2.32. The number of H-pyrrole nitrogens is 1. The highest BCUT2D eigenvalue weighted by Crippen LogP contribution is 2.26. The van der Waals surface area contributed by atoms with Crippen molar-refractivity contribution in [2.45, 2.75) is 6.92 Å². The van der Waals surface area contributed by atoms with Crippen molar-refractivity contribution >= 4 is 18.4 Å². The average molecular weight is 341 g/mol. The Hall–Kier alpha value is -3.00. The number of aromatic nitrogens is 4. The molecule has 0 unspecified atom stereocenters. The fourth-order valence-electron chi connectivity index (χ4n) is 2.09. The number of hydrogen-bond acceptors (Lipinski definition) is 6. The smallest absolute Gasteiger partial charge is 0.216 e. The molecule has 3 aromatic rings. The maximum absolute atomic E-state index is 9.74. The summed E-state index contributed by atoms with van der Waals surface area (Å²) in [5, 5.41) is 21.0. The van der Waals surface area contributed by atoms with Gasteiger partial charge in [0.25, 0.3) is 0 Å². The van der Waals surface area contributed by atoms with Crippen molar-refractivity contribution in [3.8, 4) is 22.9 Å². The van der Waals surface area contributed by atoms with E-state index in [0.29, 0.717) is 23.0 Å². The number of benzene rings is 1. The van der Waals surface area contributed by atoms with Crippen LogP contribution in [0, 0.1) is 4.77 Å². The third-order valence-electron chi connectivity index (χ3n) is 3.18. The lowest BCUT2D eigenvalue weighted by atomic mass is 10.2. The van der Waals surface area contributed by atoms with Crippen LogP contribution in [0.3, 0.4) is 0 Å². The molecule has 0 aliphatic rings. The third kappa shape index (κ3) is 3.33. The minimum atomic E-state index is 0.0879. The molecule has 8 heteroatoms. The number of ether oxygens (including phenoxy) is 1. The molecular weight excluding hydrogens is 326 g/mol. The van der Waals surface area contributed by atoms with Gasteiger partial charge in [0.2, 0.25) is 4.77 Å². The van der Waals surface area contributed by atoms with Crippen LogP contribution in [0.5, 0.6) is 11.5 Å². The van der Waals surface area contributed by atoms with Gasteiger partial charge in [0.15, 0.2) is 17.3 Å². The fourth-order valence-corrected chi connectivity index (χ4v) is 2.27. The fraction of sp³-hybridized carbons (Fsp3) is 0.125. The van der Waals surface area contributed by atoms with Gasteiger partial charge < -0.3 is 9.84 Å². The van der Waals surface area contributed by atoms with Crippen molar-refractivity contribution in [3.63, 3.8) is 0 Å². The lowest BCUT2D eigenvalue weighted by Gasteiger charge is -2.06. The maximum Gasteiger partial charge on any atom is 0.216 e. The van der Waals surface area contributed by atoms with Gasteiger partial charge in [0.05, 0.1) is 12.8 Å². The van der Waals surface area contributed by atoms with Crippen LogP contribution in [-0.4, -0.2) is 37.8 Å². The van der Waals surface area contributed by atoms with E-state index in [9.17, 15) is 5.11 Å². The van der Waals surface area contributed by atoms with E-state index in [1.165, 1.54) is 4.68 Å². The standard InChI is InChI=1S/C16H15N5O2S/c1-2-23-14-8-11(5-6-13(14)22)9-18-21-15(19-20-16(21)24)12-4-3-7-17-10-12/h3-10,22H,2H2,1H3,(H,20,24)/b18-9+. The van der Waals surface area contributed by atoms with Gasteiger partial charge in [-0.15, -0.1) is 0 Å². The van der Waals surface area contributed by atoms with Crippen LogP contribution in [0.1, 0.15) is 12.5 Å². The summed E-state index contributed by atoms with van der Waals surface area (Å²) < 4.78 is 7.25. The van der Waals surface area contributed by atoms with Gasteiger partial charge in [-0.1, -0.05) is 0 Å². The van der Waals surface area contributed by atoms with E-state index >= 15 is 0 Å². The minimum Gasteiger partial charge on any atom is -0.504 e. The molecule has 0 saturated carbocycles. The van der Waals surface area contributed by atoms with E-state index in [0.717, 1.165) is 11.1 Å². The van der Waals surface area contributed by atoms with Crippen molar-refractivity contribution in [1.82, 2.24) is 19.9 Å². The normalized spacial score (nSPS) is 11.0. The zero-order valence-electron chi connectivity index (χ0n) is 12.9. The van der Waals surface area contributed by atoms with Crippen LogP contribution in [0.15, 0.2) is 47.8 Å². The molecule has 0 saturated heterocycles. The Morgan fingerprint density at radius 3 is 3.04 bits per heavy atom. The van der Waals surface area contributed by atoms with Gasteiger partial charge in [-0.25, -0.2) is 5.10 Å². The molecule has 0 fully saturated rings. The summed E-state index contributed by atoms with van der Waals surface area (Å²) in [5.74, 6) is 1.06. The molecule has 24 heavy (non-hydrogen) atoms. The first-order valence-corrected chi connectivity index (χ1v) is 7.68. The molecule has 0 bridgehead atoms. The SMILES string of the molecule is CCOc1cc(/C=N/n2c(-c3cccnc3)n[nH]c2=S)ccc1O.